The molecule has 0 aliphatic rings. The number of H-pyrrole nitrogens is 2. The summed E-state index contributed by atoms with van der Waals surface area (Å²) in [5, 5.41) is 2.66. The SMILES string of the molecule is O=Cc1nc2nc(=O)c3[nH]cnc3n2[nH]1. The summed E-state index contributed by atoms with van der Waals surface area (Å²) in [7, 11) is 0. The summed E-state index contributed by atoms with van der Waals surface area (Å²) in [4.78, 5) is 36.0. The lowest BCUT2D eigenvalue weighted by Gasteiger charge is -1.90. The van der Waals surface area contributed by atoms with Gasteiger partial charge in [-0.1, -0.05) is 0 Å². The van der Waals surface area contributed by atoms with Crippen molar-refractivity contribution < 1.29 is 4.79 Å². The van der Waals surface area contributed by atoms with Crippen molar-refractivity contribution in [2.45, 2.75) is 0 Å². The van der Waals surface area contributed by atoms with Crippen LogP contribution in [-0.2, 0) is 0 Å². The van der Waals surface area contributed by atoms with Gasteiger partial charge in [-0.15, -0.1) is 0 Å². The second-order valence-corrected chi connectivity index (χ2v) is 2.88. The summed E-state index contributed by atoms with van der Waals surface area (Å²) in [5.74, 6) is 0.221. The molecule has 3 heterocycles. The van der Waals surface area contributed by atoms with Gasteiger partial charge >= 0.3 is 5.56 Å². The van der Waals surface area contributed by atoms with Gasteiger partial charge in [-0.3, -0.25) is 14.7 Å². The zero-order valence-electron chi connectivity index (χ0n) is 7.26. The Bertz CT molecular complexity index is 720. The minimum Gasteiger partial charge on any atom is -0.339 e. The van der Waals surface area contributed by atoms with Crippen molar-refractivity contribution in [3.8, 4) is 0 Å². The average Bonchev–Trinajstić information content (AvgIpc) is 2.80. The Kier molecular flexibility index (Phi) is 1.31. The number of aldehydes is 1. The van der Waals surface area contributed by atoms with Crippen LogP contribution >= 0.6 is 0 Å². The van der Waals surface area contributed by atoms with Gasteiger partial charge in [0.1, 0.15) is 0 Å². The average molecular weight is 204 g/mol. The zero-order chi connectivity index (χ0) is 10.4. The van der Waals surface area contributed by atoms with Crippen LogP contribution in [0.1, 0.15) is 10.6 Å². The normalized spacial score (nSPS) is 11.2. The Hall–Kier alpha value is -2.51. The molecule has 0 radical (unpaired) electrons. The molecule has 0 aliphatic carbocycles. The highest BCUT2D eigenvalue weighted by Gasteiger charge is 2.10. The lowest BCUT2D eigenvalue weighted by Crippen LogP contribution is -2.10. The van der Waals surface area contributed by atoms with Gasteiger partial charge in [0, 0.05) is 0 Å². The van der Waals surface area contributed by atoms with Gasteiger partial charge in [0.15, 0.2) is 23.3 Å². The maximum Gasteiger partial charge on any atom is 0.300 e. The Morgan fingerprint density at radius 2 is 2.27 bits per heavy atom. The summed E-state index contributed by atoms with van der Waals surface area (Å²) < 4.78 is 1.37. The Morgan fingerprint density at radius 3 is 3.07 bits per heavy atom. The summed E-state index contributed by atoms with van der Waals surface area (Å²) in [6.07, 6.45) is 1.92. The van der Waals surface area contributed by atoms with Crippen LogP contribution in [0.2, 0.25) is 0 Å². The molecule has 0 fully saturated rings. The fourth-order valence-corrected chi connectivity index (χ4v) is 1.38. The van der Waals surface area contributed by atoms with Crippen LogP contribution in [-0.4, -0.2) is 35.8 Å². The lowest BCUT2D eigenvalue weighted by molar-refractivity contribution is 0.111. The number of carbonyl (C=O) groups is 1. The molecule has 0 bridgehead atoms. The third-order valence-corrected chi connectivity index (χ3v) is 2.00. The van der Waals surface area contributed by atoms with Gasteiger partial charge in [0.25, 0.3) is 5.78 Å². The molecule has 2 N–H and O–H groups in total. The Labute approximate surface area is 81.0 Å². The highest BCUT2D eigenvalue weighted by molar-refractivity contribution is 5.74. The van der Waals surface area contributed by atoms with E-state index in [2.05, 4.69) is 25.0 Å². The van der Waals surface area contributed by atoms with Crippen LogP contribution in [0.3, 0.4) is 0 Å². The van der Waals surface area contributed by atoms with Crippen molar-refractivity contribution in [2.75, 3.05) is 0 Å². The third kappa shape index (κ3) is 0.923. The maximum absolute atomic E-state index is 11.4. The molecular weight excluding hydrogens is 200 g/mol. The first-order chi connectivity index (χ1) is 7.29. The van der Waals surface area contributed by atoms with Crippen molar-refractivity contribution in [3.63, 3.8) is 0 Å². The molecule has 0 unspecified atom stereocenters. The van der Waals surface area contributed by atoms with E-state index in [9.17, 15) is 9.59 Å². The van der Waals surface area contributed by atoms with Gasteiger partial charge in [-0.25, -0.2) is 4.98 Å². The van der Waals surface area contributed by atoms with E-state index in [1.165, 1.54) is 10.8 Å². The quantitative estimate of drug-likeness (QED) is 0.499. The smallest absolute Gasteiger partial charge is 0.300 e. The first-order valence-corrected chi connectivity index (χ1v) is 4.06. The van der Waals surface area contributed by atoms with E-state index < -0.39 is 5.56 Å². The Balaban J connectivity index is 2.63. The largest absolute Gasteiger partial charge is 0.339 e. The third-order valence-electron chi connectivity index (χ3n) is 2.00. The first-order valence-electron chi connectivity index (χ1n) is 4.06. The standard InChI is InChI=1S/C7H4N6O2/c14-1-3-10-7-11-6(15)4-5(9-2-8-4)13(7)12-3/h1-2H,(H,8,9)(H,10,11,12,15). The number of aromatic amines is 2. The summed E-state index contributed by atoms with van der Waals surface area (Å²) in [6.45, 7) is 0. The predicted octanol–water partition coefficient (Wildman–Crippen LogP) is -0.894. The van der Waals surface area contributed by atoms with E-state index in [0.717, 1.165) is 0 Å². The molecule has 0 spiro atoms. The topological polar surface area (TPSA) is 109 Å². The van der Waals surface area contributed by atoms with E-state index in [0.29, 0.717) is 11.9 Å². The van der Waals surface area contributed by atoms with Crippen LogP contribution in [0.25, 0.3) is 16.9 Å². The second-order valence-electron chi connectivity index (χ2n) is 2.88. The van der Waals surface area contributed by atoms with Gasteiger partial charge in [-0.2, -0.15) is 14.5 Å². The molecule has 0 saturated heterocycles. The maximum atomic E-state index is 11.4. The zero-order valence-corrected chi connectivity index (χ0v) is 7.26. The van der Waals surface area contributed by atoms with E-state index in [1.807, 2.05) is 0 Å². The Morgan fingerprint density at radius 1 is 1.40 bits per heavy atom. The summed E-state index contributed by atoms with van der Waals surface area (Å²) in [6, 6.07) is 0. The van der Waals surface area contributed by atoms with Crippen LogP contribution in [0.5, 0.6) is 0 Å². The summed E-state index contributed by atoms with van der Waals surface area (Å²) in [5.41, 5.74) is 0.186. The number of hydrogen-bond acceptors (Lipinski definition) is 5. The molecular formula is C7H4N6O2. The molecule has 74 valence electrons. The molecule has 0 aliphatic heterocycles. The molecule has 15 heavy (non-hydrogen) atoms. The molecule has 8 nitrogen and oxygen atoms in total. The minimum atomic E-state index is -0.452. The van der Waals surface area contributed by atoms with Crippen molar-refractivity contribution in [1.29, 1.82) is 0 Å². The van der Waals surface area contributed by atoms with Gasteiger partial charge in [0.2, 0.25) is 0 Å². The van der Waals surface area contributed by atoms with Crippen molar-refractivity contribution in [1.82, 2.24) is 29.5 Å². The van der Waals surface area contributed by atoms with E-state index >= 15 is 0 Å². The fourth-order valence-electron chi connectivity index (χ4n) is 1.38. The van der Waals surface area contributed by atoms with Crippen molar-refractivity contribution >= 4 is 23.2 Å². The van der Waals surface area contributed by atoms with Crippen LogP contribution in [0.15, 0.2) is 11.1 Å². The van der Waals surface area contributed by atoms with Crippen LogP contribution in [0, 0.1) is 0 Å². The highest BCUT2D eigenvalue weighted by atomic mass is 16.1. The van der Waals surface area contributed by atoms with E-state index in [-0.39, 0.29) is 17.1 Å². The number of imidazole rings is 1. The molecule has 3 aromatic rings. The number of carbonyl (C=O) groups excluding carboxylic acids is 1. The van der Waals surface area contributed by atoms with E-state index in [1.54, 1.807) is 0 Å². The molecule has 3 rings (SSSR count). The van der Waals surface area contributed by atoms with E-state index in [4.69, 9.17) is 0 Å². The predicted molar refractivity (Wildman–Crippen MR) is 48.6 cm³/mol. The monoisotopic (exact) mass is 204 g/mol. The molecule has 8 heteroatoms. The molecule has 0 amide bonds. The number of fused-ring (bicyclic) bond motifs is 3. The molecule has 0 saturated carbocycles. The minimum absolute atomic E-state index is 0.0948. The number of rotatable bonds is 1. The number of nitrogens with zero attached hydrogens (tertiary/aromatic N) is 4. The van der Waals surface area contributed by atoms with Crippen LogP contribution in [0.4, 0.5) is 0 Å². The molecule has 0 atom stereocenters. The fraction of sp³-hybridized carbons (Fsp3) is 0. The van der Waals surface area contributed by atoms with Crippen molar-refractivity contribution in [2.24, 2.45) is 0 Å². The number of aromatic nitrogens is 6. The molecule has 3 aromatic heterocycles. The van der Waals surface area contributed by atoms with Gasteiger partial charge < -0.3 is 4.98 Å². The van der Waals surface area contributed by atoms with Crippen LogP contribution < -0.4 is 5.56 Å². The van der Waals surface area contributed by atoms with Crippen molar-refractivity contribution in [3.05, 3.63) is 22.5 Å². The molecule has 0 aromatic carbocycles. The lowest BCUT2D eigenvalue weighted by atomic mass is 10.5. The van der Waals surface area contributed by atoms with Gasteiger partial charge in [-0.05, 0) is 0 Å². The highest BCUT2D eigenvalue weighted by Crippen LogP contribution is 2.04. The summed E-state index contributed by atoms with van der Waals surface area (Å²) >= 11 is 0. The van der Waals surface area contributed by atoms with Gasteiger partial charge in [0.05, 0.1) is 6.33 Å². The number of nitrogens with one attached hydrogen (secondary N) is 2. The number of hydrogen-bond donors (Lipinski definition) is 2. The first kappa shape index (κ1) is 7.85. The second kappa shape index (κ2) is 2.50.